The van der Waals surface area contributed by atoms with E-state index in [1.54, 1.807) is 11.0 Å². The largest absolute Gasteiger partial charge is 0.481 e. The Hall–Kier alpha value is -3.00. The summed E-state index contributed by atoms with van der Waals surface area (Å²) >= 11 is 0. The molecule has 1 aromatic heterocycles. The van der Waals surface area contributed by atoms with Crippen molar-refractivity contribution >= 4 is 11.9 Å². The van der Waals surface area contributed by atoms with Crippen molar-refractivity contribution in [2.75, 3.05) is 32.7 Å². The maximum absolute atomic E-state index is 13.3. The lowest BCUT2D eigenvalue weighted by molar-refractivity contribution is -0.139. The van der Waals surface area contributed by atoms with Crippen molar-refractivity contribution in [1.82, 2.24) is 14.4 Å². The van der Waals surface area contributed by atoms with Gasteiger partial charge in [-0.1, -0.05) is 6.07 Å². The van der Waals surface area contributed by atoms with Gasteiger partial charge in [-0.15, -0.1) is 0 Å². The van der Waals surface area contributed by atoms with Crippen LogP contribution < -0.4 is 5.56 Å². The summed E-state index contributed by atoms with van der Waals surface area (Å²) in [6, 6.07) is 11.1. The van der Waals surface area contributed by atoms with Crippen molar-refractivity contribution in [1.29, 1.82) is 0 Å². The third-order valence-electron chi connectivity index (χ3n) is 8.08. The number of halogens is 1. The third-order valence-corrected chi connectivity index (χ3v) is 8.08. The number of piperidine rings is 2. The van der Waals surface area contributed by atoms with Gasteiger partial charge in [-0.2, -0.15) is 0 Å². The SMILES string of the molecule is O=C(O)CC1CCN(C(=O)c2ccc(F)cc2)CC1CCN1CC2CC(C1)c1cccc(=O)n1C2. The van der Waals surface area contributed by atoms with Gasteiger partial charge in [0.25, 0.3) is 11.5 Å². The van der Waals surface area contributed by atoms with Crippen LogP contribution in [0.4, 0.5) is 4.39 Å². The van der Waals surface area contributed by atoms with E-state index in [2.05, 4.69) is 11.0 Å². The van der Waals surface area contributed by atoms with Gasteiger partial charge in [0.1, 0.15) is 5.82 Å². The van der Waals surface area contributed by atoms with Crippen molar-refractivity contribution in [2.24, 2.45) is 17.8 Å². The van der Waals surface area contributed by atoms with Crippen molar-refractivity contribution in [3.8, 4) is 0 Å². The predicted molar refractivity (Wildman–Crippen MR) is 129 cm³/mol. The fourth-order valence-electron chi connectivity index (χ4n) is 6.39. The topological polar surface area (TPSA) is 82.8 Å². The lowest BCUT2D eigenvalue weighted by atomic mass is 9.80. The number of carboxylic acid groups (broad SMARTS) is 1. The van der Waals surface area contributed by atoms with E-state index in [0.29, 0.717) is 36.9 Å². The van der Waals surface area contributed by atoms with Crippen molar-refractivity contribution < 1.29 is 19.1 Å². The molecule has 8 heteroatoms. The van der Waals surface area contributed by atoms with Crippen LogP contribution in [0.15, 0.2) is 47.3 Å². The highest BCUT2D eigenvalue weighted by atomic mass is 19.1. The van der Waals surface area contributed by atoms with Gasteiger partial charge in [0.05, 0.1) is 0 Å². The summed E-state index contributed by atoms with van der Waals surface area (Å²) in [6.07, 6.45) is 2.70. The zero-order chi connectivity index (χ0) is 24.5. The standard InChI is InChI=1S/C27H32FN3O4/c28-23-6-4-19(5-7-23)27(35)30-11-9-20(13-26(33)34)21(17-30)8-10-29-14-18-12-22(16-29)24-2-1-3-25(32)31(24)15-18/h1-7,18,20-22H,8-17H2,(H,33,34). The van der Waals surface area contributed by atoms with Crippen LogP contribution in [-0.2, 0) is 11.3 Å². The summed E-state index contributed by atoms with van der Waals surface area (Å²) in [6.45, 7) is 4.48. The number of pyridine rings is 1. The molecule has 2 saturated heterocycles. The van der Waals surface area contributed by atoms with Crippen LogP contribution in [0.5, 0.6) is 0 Å². The van der Waals surface area contributed by atoms with Crippen LogP contribution >= 0.6 is 0 Å². The Morgan fingerprint density at radius 1 is 1.00 bits per heavy atom. The zero-order valence-electron chi connectivity index (χ0n) is 19.8. The minimum atomic E-state index is -0.798. The Balaban J connectivity index is 1.25. The lowest BCUT2D eigenvalue weighted by Gasteiger charge is -2.44. The number of aromatic nitrogens is 1. The first-order chi connectivity index (χ1) is 16.9. The number of carbonyl (C=O) groups excluding carboxylic acids is 1. The van der Waals surface area contributed by atoms with Crippen molar-refractivity contribution in [3.05, 3.63) is 69.9 Å². The number of nitrogens with zero attached hydrogens (tertiary/aromatic N) is 3. The highest BCUT2D eigenvalue weighted by Crippen LogP contribution is 2.36. The number of hydrogen-bond donors (Lipinski definition) is 1. The van der Waals surface area contributed by atoms with Gasteiger partial charge < -0.3 is 19.5 Å². The number of carbonyl (C=O) groups is 2. The van der Waals surface area contributed by atoms with Gasteiger partial charge in [-0.25, -0.2) is 4.39 Å². The molecule has 0 saturated carbocycles. The molecule has 1 N–H and O–H groups in total. The summed E-state index contributed by atoms with van der Waals surface area (Å²) in [7, 11) is 0. The molecule has 5 rings (SSSR count). The predicted octanol–water partition coefficient (Wildman–Crippen LogP) is 3.05. The maximum Gasteiger partial charge on any atom is 0.303 e. The maximum atomic E-state index is 13.3. The highest BCUT2D eigenvalue weighted by Gasteiger charge is 2.36. The van der Waals surface area contributed by atoms with Gasteiger partial charge >= 0.3 is 5.97 Å². The fraction of sp³-hybridized carbons (Fsp3) is 0.519. The molecular weight excluding hydrogens is 449 g/mol. The molecule has 2 bridgehead atoms. The molecule has 186 valence electrons. The number of fused-ring (bicyclic) bond motifs is 4. The molecule has 0 spiro atoms. The normalized spacial score (nSPS) is 26.3. The van der Waals surface area contributed by atoms with E-state index < -0.39 is 5.97 Å². The van der Waals surface area contributed by atoms with Crippen LogP contribution in [0, 0.1) is 23.6 Å². The number of benzene rings is 1. The fourth-order valence-corrected chi connectivity index (χ4v) is 6.39. The number of carboxylic acids is 1. The molecule has 3 aliphatic heterocycles. The van der Waals surface area contributed by atoms with Crippen LogP contribution in [0.25, 0.3) is 0 Å². The summed E-state index contributed by atoms with van der Waals surface area (Å²) in [5.41, 5.74) is 1.66. The van der Waals surface area contributed by atoms with Crippen molar-refractivity contribution in [3.63, 3.8) is 0 Å². The Labute approximate surface area is 204 Å². The summed E-state index contributed by atoms with van der Waals surface area (Å²) in [4.78, 5) is 41.1. The number of rotatable bonds is 6. The first kappa shape index (κ1) is 23.7. The number of amides is 1. The molecule has 1 aromatic carbocycles. The van der Waals surface area contributed by atoms with Gasteiger partial charge in [-0.05, 0) is 73.9 Å². The number of aliphatic carboxylic acids is 1. The van der Waals surface area contributed by atoms with E-state index in [1.165, 1.54) is 24.3 Å². The van der Waals surface area contributed by atoms with Crippen LogP contribution in [-0.4, -0.2) is 64.1 Å². The second-order valence-electron chi connectivity index (χ2n) is 10.4. The zero-order valence-corrected chi connectivity index (χ0v) is 19.8. The molecule has 4 heterocycles. The minimum Gasteiger partial charge on any atom is -0.481 e. The van der Waals surface area contributed by atoms with Gasteiger partial charge in [0.15, 0.2) is 0 Å². The van der Waals surface area contributed by atoms with Crippen LogP contribution in [0.1, 0.15) is 47.7 Å². The summed E-state index contributed by atoms with van der Waals surface area (Å²) < 4.78 is 15.2. The Morgan fingerprint density at radius 3 is 2.57 bits per heavy atom. The number of hydrogen-bond acceptors (Lipinski definition) is 4. The van der Waals surface area contributed by atoms with E-state index >= 15 is 0 Å². The van der Waals surface area contributed by atoms with Crippen LogP contribution in [0.2, 0.25) is 0 Å². The average molecular weight is 482 g/mol. The monoisotopic (exact) mass is 481 g/mol. The molecule has 2 fully saturated rings. The molecule has 0 aliphatic carbocycles. The molecule has 7 nitrogen and oxygen atoms in total. The molecule has 35 heavy (non-hydrogen) atoms. The summed E-state index contributed by atoms with van der Waals surface area (Å²) in [5, 5.41) is 9.45. The molecule has 4 atom stereocenters. The molecule has 3 aliphatic rings. The van der Waals surface area contributed by atoms with Gasteiger partial charge in [-0.3, -0.25) is 14.4 Å². The smallest absolute Gasteiger partial charge is 0.303 e. The Bertz CT molecular complexity index is 1150. The van der Waals surface area contributed by atoms with E-state index in [0.717, 1.165) is 44.7 Å². The van der Waals surface area contributed by atoms with Gasteiger partial charge in [0, 0.05) is 62.4 Å². The van der Waals surface area contributed by atoms with E-state index in [9.17, 15) is 23.9 Å². The molecular formula is C27H32FN3O4. The van der Waals surface area contributed by atoms with Gasteiger partial charge in [0.2, 0.25) is 0 Å². The first-order valence-corrected chi connectivity index (χ1v) is 12.6. The van der Waals surface area contributed by atoms with Crippen LogP contribution in [0.3, 0.4) is 0 Å². The lowest BCUT2D eigenvalue weighted by Crippen LogP contribution is -2.49. The minimum absolute atomic E-state index is 0.0355. The second kappa shape index (κ2) is 9.93. The molecule has 4 unspecified atom stereocenters. The first-order valence-electron chi connectivity index (χ1n) is 12.6. The molecule has 1 amide bonds. The average Bonchev–Trinajstić information content (AvgIpc) is 2.84. The number of likely N-dealkylation sites (tertiary alicyclic amines) is 2. The highest BCUT2D eigenvalue weighted by molar-refractivity contribution is 5.94. The summed E-state index contributed by atoms with van der Waals surface area (Å²) in [5.74, 6) is -0.382. The molecule has 2 aromatic rings. The van der Waals surface area contributed by atoms with E-state index in [4.69, 9.17) is 0 Å². The third kappa shape index (κ3) is 5.17. The second-order valence-corrected chi connectivity index (χ2v) is 10.4. The Morgan fingerprint density at radius 2 is 1.80 bits per heavy atom. The van der Waals surface area contributed by atoms with Crippen molar-refractivity contribution in [2.45, 2.75) is 38.1 Å². The van der Waals surface area contributed by atoms with E-state index in [1.807, 2.05) is 10.6 Å². The Kier molecular flexibility index (Phi) is 6.73. The quantitative estimate of drug-likeness (QED) is 0.686. The van der Waals surface area contributed by atoms with E-state index in [-0.39, 0.29) is 35.5 Å². The molecule has 0 radical (unpaired) electrons.